The Bertz CT molecular complexity index is 736. The molecule has 0 aliphatic heterocycles. The van der Waals surface area contributed by atoms with Gasteiger partial charge in [-0.25, -0.2) is 4.98 Å². The zero-order chi connectivity index (χ0) is 19.9. The molecule has 0 saturated heterocycles. The second-order valence-electron chi connectivity index (χ2n) is 6.50. The number of aromatic nitrogens is 1. The molecule has 0 radical (unpaired) electrons. The Kier molecular flexibility index (Phi) is 7.36. The topological polar surface area (TPSA) is 51.2 Å². The van der Waals surface area contributed by atoms with Crippen LogP contribution in [0.1, 0.15) is 37.8 Å². The highest BCUT2D eigenvalue weighted by Gasteiger charge is 2.31. The third kappa shape index (κ3) is 7.02. The average molecular weight is 380 g/mol. The van der Waals surface area contributed by atoms with Crippen LogP contribution in [0.3, 0.4) is 0 Å². The molecule has 1 aromatic carbocycles. The fourth-order valence-electron chi connectivity index (χ4n) is 2.44. The Morgan fingerprint density at radius 1 is 1.15 bits per heavy atom. The Morgan fingerprint density at radius 3 is 2.52 bits per heavy atom. The summed E-state index contributed by atoms with van der Waals surface area (Å²) in [6.45, 7) is 4.16. The lowest BCUT2D eigenvalue weighted by Crippen LogP contribution is -2.22. The van der Waals surface area contributed by atoms with Crippen molar-refractivity contribution in [3.8, 4) is 0 Å². The van der Waals surface area contributed by atoms with E-state index in [1.807, 2.05) is 37.3 Å². The first-order chi connectivity index (χ1) is 12.8. The molecule has 0 aliphatic carbocycles. The van der Waals surface area contributed by atoms with Crippen molar-refractivity contribution in [2.75, 3.05) is 5.32 Å². The third-order valence-electron chi connectivity index (χ3n) is 4.17. The van der Waals surface area contributed by atoms with Gasteiger partial charge in [0, 0.05) is 12.1 Å². The first-order valence-corrected chi connectivity index (χ1v) is 8.75. The lowest BCUT2D eigenvalue weighted by Gasteiger charge is -2.16. The molecule has 2 atom stereocenters. The monoisotopic (exact) mass is 380 g/mol. The Morgan fingerprint density at radius 2 is 1.85 bits per heavy atom. The number of anilines is 1. The Hall–Kier alpha value is -2.41. The van der Waals surface area contributed by atoms with Crippen molar-refractivity contribution in [2.45, 2.75) is 45.6 Å². The Labute approximate surface area is 156 Å². The fraction of sp³-hybridized carbons (Fsp3) is 0.400. The number of carbonyl (C=O) groups is 1. The number of ether oxygens (including phenoxy) is 1. The standard InChI is InChI=1S/C20H23F3N2O2/c1-14(8-9-15(2)27-13-16-6-4-3-5-7-16)19(26)25-18-12-17(10-11-24-18)20(21,22)23/h3-7,10-12,14-15H,8-9,13H2,1-2H3,(H,24,25,26). The van der Waals surface area contributed by atoms with Gasteiger partial charge < -0.3 is 10.1 Å². The summed E-state index contributed by atoms with van der Waals surface area (Å²) in [6.07, 6.45) is -2.26. The van der Waals surface area contributed by atoms with E-state index in [1.165, 1.54) is 0 Å². The van der Waals surface area contributed by atoms with Crippen molar-refractivity contribution < 1.29 is 22.7 Å². The van der Waals surface area contributed by atoms with Gasteiger partial charge in [-0.1, -0.05) is 37.3 Å². The van der Waals surface area contributed by atoms with Crippen LogP contribution in [0.4, 0.5) is 19.0 Å². The second kappa shape index (κ2) is 9.50. The molecule has 2 aromatic rings. The highest BCUT2D eigenvalue weighted by atomic mass is 19.4. The van der Waals surface area contributed by atoms with Crippen LogP contribution >= 0.6 is 0 Å². The largest absolute Gasteiger partial charge is 0.416 e. The highest BCUT2D eigenvalue weighted by molar-refractivity contribution is 5.91. The molecule has 0 spiro atoms. The minimum absolute atomic E-state index is 0.0351. The molecule has 0 fully saturated rings. The van der Waals surface area contributed by atoms with Crippen LogP contribution in [0.5, 0.6) is 0 Å². The van der Waals surface area contributed by atoms with E-state index in [0.717, 1.165) is 23.9 Å². The van der Waals surface area contributed by atoms with Crippen molar-refractivity contribution in [2.24, 2.45) is 5.92 Å². The summed E-state index contributed by atoms with van der Waals surface area (Å²) in [5.41, 5.74) is 0.231. The molecule has 1 amide bonds. The molecule has 2 rings (SSSR count). The zero-order valence-electron chi connectivity index (χ0n) is 15.3. The predicted molar refractivity (Wildman–Crippen MR) is 97.0 cm³/mol. The minimum atomic E-state index is -4.47. The zero-order valence-corrected chi connectivity index (χ0v) is 15.3. The number of nitrogens with one attached hydrogen (secondary N) is 1. The lowest BCUT2D eigenvalue weighted by atomic mass is 10.0. The molecule has 1 heterocycles. The van der Waals surface area contributed by atoms with Crippen molar-refractivity contribution in [1.29, 1.82) is 0 Å². The van der Waals surface area contributed by atoms with Crippen LogP contribution in [-0.2, 0) is 22.3 Å². The van der Waals surface area contributed by atoms with Gasteiger partial charge in [0.2, 0.25) is 5.91 Å². The summed E-state index contributed by atoms with van der Waals surface area (Å²) in [4.78, 5) is 16.0. The third-order valence-corrected chi connectivity index (χ3v) is 4.17. The molecule has 1 aromatic heterocycles. The van der Waals surface area contributed by atoms with E-state index in [-0.39, 0.29) is 23.7 Å². The van der Waals surface area contributed by atoms with Gasteiger partial charge in [-0.3, -0.25) is 4.79 Å². The molecular weight excluding hydrogens is 357 g/mol. The molecule has 0 bridgehead atoms. The number of rotatable bonds is 8. The number of benzene rings is 1. The molecule has 27 heavy (non-hydrogen) atoms. The van der Waals surface area contributed by atoms with E-state index in [2.05, 4.69) is 10.3 Å². The van der Waals surface area contributed by atoms with Crippen molar-refractivity contribution >= 4 is 11.7 Å². The number of halogens is 3. The Balaban J connectivity index is 1.78. The maximum absolute atomic E-state index is 12.7. The van der Waals surface area contributed by atoms with Gasteiger partial charge in [0.05, 0.1) is 18.3 Å². The summed E-state index contributed by atoms with van der Waals surface area (Å²) in [7, 11) is 0. The summed E-state index contributed by atoms with van der Waals surface area (Å²) in [6, 6.07) is 11.5. The first-order valence-electron chi connectivity index (χ1n) is 8.75. The van der Waals surface area contributed by atoms with Gasteiger partial charge in [0.15, 0.2) is 0 Å². The molecule has 0 aliphatic rings. The van der Waals surface area contributed by atoms with Gasteiger partial charge in [-0.2, -0.15) is 13.2 Å². The molecule has 2 unspecified atom stereocenters. The van der Waals surface area contributed by atoms with Gasteiger partial charge in [-0.15, -0.1) is 0 Å². The molecule has 1 N–H and O–H groups in total. The molecular formula is C20H23F3N2O2. The average Bonchev–Trinajstić information content (AvgIpc) is 2.64. The molecule has 7 heteroatoms. The number of amides is 1. The van der Waals surface area contributed by atoms with Crippen LogP contribution < -0.4 is 5.32 Å². The van der Waals surface area contributed by atoms with Crippen LogP contribution in [0.25, 0.3) is 0 Å². The summed E-state index contributed by atoms with van der Waals surface area (Å²) in [5, 5.41) is 2.44. The first kappa shape index (κ1) is 20.9. The van der Waals surface area contributed by atoms with E-state index in [4.69, 9.17) is 4.74 Å². The molecule has 0 saturated carbocycles. The second-order valence-corrected chi connectivity index (χ2v) is 6.50. The lowest BCUT2D eigenvalue weighted by molar-refractivity contribution is -0.137. The summed E-state index contributed by atoms with van der Waals surface area (Å²) < 4.78 is 43.9. The number of hydrogen-bond acceptors (Lipinski definition) is 3. The van der Waals surface area contributed by atoms with Crippen LogP contribution in [-0.4, -0.2) is 17.0 Å². The quantitative estimate of drug-likeness (QED) is 0.696. The van der Waals surface area contributed by atoms with Gasteiger partial charge in [0.25, 0.3) is 0 Å². The van der Waals surface area contributed by atoms with E-state index >= 15 is 0 Å². The maximum Gasteiger partial charge on any atom is 0.416 e. The van der Waals surface area contributed by atoms with E-state index in [1.54, 1.807) is 6.92 Å². The number of nitrogens with zero attached hydrogens (tertiary/aromatic N) is 1. The van der Waals surface area contributed by atoms with E-state index in [9.17, 15) is 18.0 Å². The maximum atomic E-state index is 12.7. The fourth-order valence-corrected chi connectivity index (χ4v) is 2.44. The summed E-state index contributed by atoms with van der Waals surface area (Å²) >= 11 is 0. The van der Waals surface area contributed by atoms with Crippen LogP contribution in [0.2, 0.25) is 0 Å². The van der Waals surface area contributed by atoms with E-state index in [0.29, 0.717) is 19.4 Å². The van der Waals surface area contributed by atoms with Gasteiger partial charge >= 0.3 is 6.18 Å². The van der Waals surface area contributed by atoms with Gasteiger partial charge in [-0.05, 0) is 37.5 Å². The van der Waals surface area contributed by atoms with Crippen molar-refractivity contribution in [1.82, 2.24) is 4.98 Å². The van der Waals surface area contributed by atoms with E-state index < -0.39 is 11.7 Å². The molecule has 146 valence electrons. The van der Waals surface area contributed by atoms with Gasteiger partial charge in [0.1, 0.15) is 5.82 Å². The SMILES string of the molecule is CC(CCC(C)C(=O)Nc1cc(C(F)(F)F)ccn1)OCc1ccccc1. The smallest absolute Gasteiger partial charge is 0.374 e. The van der Waals surface area contributed by atoms with Crippen LogP contribution in [0.15, 0.2) is 48.7 Å². The highest BCUT2D eigenvalue weighted by Crippen LogP contribution is 2.30. The number of carbonyl (C=O) groups excluding carboxylic acids is 1. The van der Waals surface area contributed by atoms with Crippen LogP contribution in [0, 0.1) is 5.92 Å². The van der Waals surface area contributed by atoms with Crippen molar-refractivity contribution in [3.63, 3.8) is 0 Å². The normalized spacial score (nSPS) is 13.8. The minimum Gasteiger partial charge on any atom is -0.374 e. The number of hydrogen-bond donors (Lipinski definition) is 1. The predicted octanol–water partition coefficient (Wildman–Crippen LogP) is 5.06. The number of alkyl halides is 3. The summed E-state index contributed by atoms with van der Waals surface area (Å²) in [5.74, 6) is -0.837. The number of pyridine rings is 1. The molecule has 4 nitrogen and oxygen atoms in total. The van der Waals surface area contributed by atoms with Crippen molar-refractivity contribution in [3.05, 3.63) is 59.8 Å².